The Hall–Kier alpha value is -2.56. The van der Waals surface area contributed by atoms with Crippen LogP contribution in [-0.2, 0) is 17.7 Å². The number of pyridine rings is 1. The second kappa shape index (κ2) is 7.77. The first-order valence-electron chi connectivity index (χ1n) is 8.89. The second-order valence-corrected chi connectivity index (χ2v) is 6.53. The minimum atomic E-state index is -0.229. The van der Waals surface area contributed by atoms with E-state index in [2.05, 4.69) is 40.6 Å². The lowest BCUT2D eigenvalue weighted by Gasteiger charge is -2.26. The number of aromatic nitrogens is 1. The van der Waals surface area contributed by atoms with Crippen molar-refractivity contribution in [3.8, 4) is 11.1 Å². The van der Waals surface area contributed by atoms with E-state index < -0.39 is 0 Å². The molecular weight excluding hydrogens is 327 g/mol. The molecule has 1 aliphatic rings. The van der Waals surface area contributed by atoms with Crippen molar-refractivity contribution in [1.82, 2.24) is 10.3 Å². The van der Waals surface area contributed by atoms with Crippen molar-refractivity contribution in [1.29, 1.82) is 0 Å². The van der Waals surface area contributed by atoms with Gasteiger partial charge in [0.25, 0.3) is 0 Å². The zero-order valence-corrected chi connectivity index (χ0v) is 14.5. The number of ether oxygens (including phenoxy) is 1. The van der Waals surface area contributed by atoms with Crippen molar-refractivity contribution in [2.45, 2.75) is 19.1 Å². The Balaban J connectivity index is 1.40. The first kappa shape index (κ1) is 16.9. The molecule has 132 valence electrons. The first-order valence-corrected chi connectivity index (χ1v) is 8.89. The van der Waals surface area contributed by atoms with Crippen LogP contribution in [0.2, 0.25) is 0 Å². The predicted molar refractivity (Wildman–Crippen MR) is 100 cm³/mol. The van der Waals surface area contributed by atoms with Gasteiger partial charge in [-0.25, -0.2) is 4.39 Å². The summed E-state index contributed by atoms with van der Waals surface area (Å²) in [6.45, 7) is 2.24. The van der Waals surface area contributed by atoms with Crippen LogP contribution in [0.25, 0.3) is 11.1 Å². The van der Waals surface area contributed by atoms with Crippen LogP contribution < -0.4 is 5.32 Å². The lowest BCUT2D eigenvalue weighted by Crippen LogP contribution is -2.27. The summed E-state index contributed by atoms with van der Waals surface area (Å²) in [5, 5.41) is 3.48. The van der Waals surface area contributed by atoms with Crippen molar-refractivity contribution in [2.24, 2.45) is 0 Å². The van der Waals surface area contributed by atoms with E-state index in [1.807, 2.05) is 6.20 Å². The number of benzene rings is 2. The predicted octanol–water partition coefficient (Wildman–Crippen LogP) is 4.29. The van der Waals surface area contributed by atoms with Gasteiger partial charge in [-0.15, -0.1) is 0 Å². The number of rotatable bonds is 5. The van der Waals surface area contributed by atoms with Gasteiger partial charge in [-0.05, 0) is 46.9 Å². The van der Waals surface area contributed by atoms with E-state index in [9.17, 15) is 4.39 Å². The molecule has 2 heterocycles. The fourth-order valence-corrected chi connectivity index (χ4v) is 3.38. The van der Waals surface area contributed by atoms with Gasteiger partial charge in [0, 0.05) is 31.0 Å². The van der Waals surface area contributed by atoms with Crippen LogP contribution in [0.1, 0.15) is 22.8 Å². The molecule has 0 amide bonds. The summed E-state index contributed by atoms with van der Waals surface area (Å²) in [7, 11) is 0. The van der Waals surface area contributed by atoms with E-state index in [-0.39, 0.29) is 11.9 Å². The lowest BCUT2D eigenvalue weighted by molar-refractivity contribution is 0.0423. The van der Waals surface area contributed by atoms with E-state index in [0.717, 1.165) is 36.3 Å². The number of halogens is 1. The largest absolute Gasteiger partial charge is 0.372 e. The molecule has 3 aromatic rings. The minimum absolute atomic E-state index is 0.0909. The van der Waals surface area contributed by atoms with Crippen LogP contribution in [0, 0.1) is 5.82 Å². The van der Waals surface area contributed by atoms with Gasteiger partial charge in [0.15, 0.2) is 0 Å². The first-order chi connectivity index (χ1) is 12.8. The van der Waals surface area contributed by atoms with Gasteiger partial charge in [-0.2, -0.15) is 0 Å². The van der Waals surface area contributed by atoms with Crippen LogP contribution in [0.3, 0.4) is 0 Å². The Kier molecular flexibility index (Phi) is 5.04. The van der Waals surface area contributed by atoms with Crippen LogP contribution in [-0.4, -0.2) is 18.1 Å². The molecule has 2 aromatic carbocycles. The highest BCUT2D eigenvalue weighted by Crippen LogP contribution is 2.26. The molecule has 4 rings (SSSR count). The zero-order valence-electron chi connectivity index (χ0n) is 14.5. The number of nitrogens with one attached hydrogen (secondary N) is 1. The third kappa shape index (κ3) is 3.82. The van der Waals surface area contributed by atoms with Crippen LogP contribution in [0.4, 0.5) is 4.39 Å². The van der Waals surface area contributed by atoms with E-state index in [1.165, 1.54) is 23.3 Å². The molecule has 1 unspecified atom stereocenters. The molecule has 26 heavy (non-hydrogen) atoms. The van der Waals surface area contributed by atoms with Crippen LogP contribution >= 0.6 is 0 Å². The summed E-state index contributed by atoms with van der Waals surface area (Å²) in [5.74, 6) is -0.229. The molecule has 1 aromatic heterocycles. The number of hydrogen-bond acceptors (Lipinski definition) is 3. The highest BCUT2D eigenvalue weighted by Gasteiger charge is 2.19. The molecule has 1 N–H and O–H groups in total. The average Bonchev–Trinajstić information content (AvgIpc) is 2.69. The SMILES string of the molecule is Fc1ccc(-c2cncc(CNCC3OCCc4ccccc43)c2)cc1. The van der Waals surface area contributed by atoms with E-state index in [4.69, 9.17) is 4.74 Å². The molecule has 0 fully saturated rings. The van der Waals surface area contributed by atoms with Crippen molar-refractivity contribution < 1.29 is 9.13 Å². The van der Waals surface area contributed by atoms with E-state index in [1.54, 1.807) is 18.3 Å². The molecule has 0 saturated carbocycles. The standard InChI is InChI=1S/C22H21FN2O/c23-20-7-5-17(6-8-20)19-11-16(12-24-14-19)13-25-15-22-21-4-2-1-3-18(21)9-10-26-22/h1-8,11-12,14,22,25H,9-10,13,15H2. The minimum Gasteiger partial charge on any atom is -0.372 e. The Morgan fingerprint density at radius 3 is 2.77 bits per heavy atom. The third-order valence-corrected chi connectivity index (χ3v) is 4.72. The van der Waals surface area contributed by atoms with Crippen LogP contribution in [0.5, 0.6) is 0 Å². The monoisotopic (exact) mass is 348 g/mol. The molecular formula is C22H21FN2O. The topological polar surface area (TPSA) is 34.2 Å². The maximum absolute atomic E-state index is 13.1. The number of hydrogen-bond donors (Lipinski definition) is 1. The lowest BCUT2D eigenvalue weighted by atomic mass is 9.97. The molecule has 0 bridgehead atoms. The zero-order chi connectivity index (χ0) is 17.8. The fraction of sp³-hybridized carbons (Fsp3) is 0.227. The van der Waals surface area contributed by atoms with Gasteiger partial charge in [-0.1, -0.05) is 36.4 Å². The molecule has 3 nitrogen and oxygen atoms in total. The fourth-order valence-electron chi connectivity index (χ4n) is 3.38. The molecule has 1 aliphatic heterocycles. The smallest absolute Gasteiger partial charge is 0.123 e. The second-order valence-electron chi connectivity index (χ2n) is 6.53. The van der Waals surface area contributed by atoms with Crippen molar-refractivity contribution in [3.63, 3.8) is 0 Å². The third-order valence-electron chi connectivity index (χ3n) is 4.72. The van der Waals surface area contributed by atoms with Crippen molar-refractivity contribution in [2.75, 3.05) is 13.2 Å². The highest BCUT2D eigenvalue weighted by atomic mass is 19.1. The van der Waals surface area contributed by atoms with Gasteiger partial charge in [0.1, 0.15) is 5.82 Å². The highest BCUT2D eigenvalue weighted by molar-refractivity contribution is 5.62. The Labute approximate surface area is 152 Å². The molecule has 0 spiro atoms. The summed E-state index contributed by atoms with van der Waals surface area (Å²) < 4.78 is 19.0. The molecule has 4 heteroatoms. The van der Waals surface area contributed by atoms with E-state index in [0.29, 0.717) is 6.54 Å². The molecule has 1 atom stereocenters. The summed E-state index contributed by atoms with van der Waals surface area (Å²) in [6.07, 6.45) is 4.73. The molecule has 0 aliphatic carbocycles. The van der Waals surface area contributed by atoms with Gasteiger partial charge in [0.2, 0.25) is 0 Å². The van der Waals surface area contributed by atoms with Crippen molar-refractivity contribution >= 4 is 0 Å². The van der Waals surface area contributed by atoms with Crippen molar-refractivity contribution in [3.05, 3.63) is 89.5 Å². The number of nitrogens with zero attached hydrogens (tertiary/aromatic N) is 1. The quantitative estimate of drug-likeness (QED) is 0.747. The summed E-state index contributed by atoms with van der Waals surface area (Å²) >= 11 is 0. The van der Waals surface area contributed by atoms with Gasteiger partial charge < -0.3 is 10.1 Å². The molecule has 0 radical (unpaired) electrons. The molecule has 0 saturated heterocycles. The normalized spacial score (nSPS) is 16.3. The maximum Gasteiger partial charge on any atom is 0.123 e. The van der Waals surface area contributed by atoms with Gasteiger partial charge >= 0.3 is 0 Å². The summed E-state index contributed by atoms with van der Waals surface area (Å²) in [4.78, 5) is 4.32. The van der Waals surface area contributed by atoms with Crippen LogP contribution in [0.15, 0.2) is 67.0 Å². The maximum atomic E-state index is 13.1. The number of fused-ring (bicyclic) bond motifs is 1. The average molecular weight is 348 g/mol. The van der Waals surface area contributed by atoms with Gasteiger partial charge in [0.05, 0.1) is 12.7 Å². The van der Waals surface area contributed by atoms with Gasteiger partial charge in [-0.3, -0.25) is 4.98 Å². The summed E-state index contributed by atoms with van der Waals surface area (Å²) in [5.41, 5.74) is 5.71. The summed E-state index contributed by atoms with van der Waals surface area (Å²) in [6, 6.07) is 17.1. The van der Waals surface area contributed by atoms with E-state index >= 15 is 0 Å². The Bertz CT molecular complexity index is 879. The Morgan fingerprint density at radius 2 is 1.88 bits per heavy atom. The Morgan fingerprint density at radius 1 is 1.04 bits per heavy atom.